The second kappa shape index (κ2) is 6.94. The minimum atomic E-state index is -1.24. The number of nitrogens with one attached hydrogen (secondary N) is 1. The first-order valence-electron chi connectivity index (χ1n) is 10.5. The molecule has 4 aromatic rings. The molecule has 32 heavy (non-hydrogen) atoms. The second-order valence-corrected chi connectivity index (χ2v) is 9.40. The summed E-state index contributed by atoms with van der Waals surface area (Å²) in [7, 11) is 0. The normalized spacial score (nSPS) is 15.5. The summed E-state index contributed by atoms with van der Waals surface area (Å²) in [5.74, 6) is -0.266. The largest absolute Gasteiger partial charge is 0.353 e. The van der Waals surface area contributed by atoms with E-state index in [4.69, 9.17) is 0 Å². The lowest BCUT2D eigenvalue weighted by Gasteiger charge is -2.28. The van der Waals surface area contributed by atoms with Gasteiger partial charge in [0, 0.05) is 26.5 Å². The Labute approximate surface area is 190 Å². The molecule has 0 fully saturated rings. The third kappa shape index (κ3) is 2.63. The molecule has 1 aliphatic heterocycles. The molecule has 0 amide bonds. The number of hydrogen-bond donors (Lipinski definition) is 1. The summed E-state index contributed by atoms with van der Waals surface area (Å²) < 4.78 is 0. The zero-order chi connectivity index (χ0) is 21.9. The van der Waals surface area contributed by atoms with E-state index in [0.29, 0.717) is 11.1 Å². The zero-order valence-electron chi connectivity index (χ0n) is 17.4. The highest BCUT2D eigenvalue weighted by molar-refractivity contribution is 7.99. The van der Waals surface area contributed by atoms with Crippen LogP contribution in [0.3, 0.4) is 0 Å². The first-order chi connectivity index (χ1) is 15.6. The van der Waals surface area contributed by atoms with Crippen molar-refractivity contribution in [3.05, 3.63) is 108 Å². The van der Waals surface area contributed by atoms with E-state index in [1.165, 1.54) is 0 Å². The van der Waals surface area contributed by atoms with Crippen molar-refractivity contribution in [2.45, 2.75) is 22.1 Å². The first-order valence-corrected chi connectivity index (χ1v) is 11.4. The molecule has 0 saturated carbocycles. The van der Waals surface area contributed by atoms with E-state index in [0.717, 1.165) is 37.9 Å². The van der Waals surface area contributed by atoms with Crippen LogP contribution in [0.2, 0.25) is 0 Å². The fraction of sp³-hybridized carbons (Fsp3) is 0.0714. The van der Waals surface area contributed by atoms with Gasteiger partial charge in [-0.3, -0.25) is 9.59 Å². The van der Waals surface area contributed by atoms with Crippen molar-refractivity contribution in [1.82, 2.24) is 0 Å². The number of carbonyl (C=O) groups is 2. The van der Waals surface area contributed by atoms with Gasteiger partial charge in [0.25, 0.3) is 0 Å². The van der Waals surface area contributed by atoms with E-state index in [1.807, 2.05) is 54.6 Å². The van der Waals surface area contributed by atoms with Crippen LogP contribution in [0.25, 0.3) is 11.1 Å². The van der Waals surface area contributed by atoms with Crippen molar-refractivity contribution >= 4 is 34.7 Å². The molecule has 0 atom stereocenters. The summed E-state index contributed by atoms with van der Waals surface area (Å²) in [6, 6.07) is 29.4. The van der Waals surface area contributed by atoms with Gasteiger partial charge in [0.1, 0.15) is 5.41 Å². The molecule has 1 heterocycles. The van der Waals surface area contributed by atoms with E-state index in [1.54, 1.807) is 30.8 Å². The number of para-hydroxylation sites is 1. The summed E-state index contributed by atoms with van der Waals surface area (Å²) in [6.07, 6.45) is 0. The van der Waals surface area contributed by atoms with Gasteiger partial charge >= 0.3 is 0 Å². The highest BCUT2D eigenvalue weighted by Gasteiger charge is 2.50. The number of fused-ring (bicyclic) bond motifs is 3. The summed E-state index contributed by atoms with van der Waals surface area (Å²) in [5, 5.41) is 3.59. The van der Waals surface area contributed by atoms with Crippen molar-refractivity contribution in [2.24, 2.45) is 0 Å². The molecular weight excluding hydrogens is 414 g/mol. The minimum Gasteiger partial charge on any atom is -0.353 e. The third-order valence-corrected chi connectivity index (χ3v) is 7.57. The quantitative estimate of drug-likeness (QED) is 0.308. The van der Waals surface area contributed by atoms with Crippen LogP contribution < -0.4 is 5.32 Å². The van der Waals surface area contributed by atoms with Gasteiger partial charge in [-0.05, 0) is 42.3 Å². The summed E-state index contributed by atoms with van der Waals surface area (Å²) in [6.45, 7) is 1.77. The predicted octanol–water partition coefficient (Wildman–Crippen LogP) is 6.90. The van der Waals surface area contributed by atoms with Crippen LogP contribution in [0.15, 0.2) is 101 Å². The lowest BCUT2D eigenvalue weighted by Crippen LogP contribution is -2.35. The average Bonchev–Trinajstić information content (AvgIpc) is 3.04. The van der Waals surface area contributed by atoms with Crippen molar-refractivity contribution < 1.29 is 9.59 Å². The second-order valence-electron chi connectivity index (χ2n) is 8.32. The van der Waals surface area contributed by atoms with Crippen molar-refractivity contribution in [3.8, 4) is 11.1 Å². The topological polar surface area (TPSA) is 46.2 Å². The molecule has 0 unspecified atom stereocenters. The van der Waals surface area contributed by atoms with Crippen LogP contribution in [0, 0.1) is 0 Å². The van der Waals surface area contributed by atoms with Gasteiger partial charge in [0.05, 0.1) is 11.4 Å². The van der Waals surface area contributed by atoms with Gasteiger partial charge in [-0.25, -0.2) is 0 Å². The van der Waals surface area contributed by atoms with Gasteiger partial charge in [-0.2, -0.15) is 0 Å². The number of Topliss-reactive ketones (excluding diaryl/α,β-unsaturated/α-hetero) is 2. The average molecular weight is 434 g/mol. The van der Waals surface area contributed by atoms with Crippen molar-refractivity contribution in [3.63, 3.8) is 0 Å². The van der Waals surface area contributed by atoms with Gasteiger partial charge < -0.3 is 5.32 Å². The molecule has 0 aromatic heterocycles. The Hall–Kier alpha value is -3.63. The Bertz CT molecular complexity index is 1390. The monoisotopic (exact) mass is 433 g/mol. The number of rotatable bonds is 2. The van der Waals surface area contributed by atoms with Gasteiger partial charge in [0.2, 0.25) is 0 Å². The predicted molar refractivity (Wildman–Crippen MR) is 128 cm³/mol. The summed E-state index contributed by atoms with van der Waals surface area (Å²) in [4.78, 5) is 29.1. The number of ketones is 2. The molecule has 4 heteroatoms. The molecule has 1 N–H and O–H groups in total. The molecule has 0 saturated heterocycles. The molecule has 1 aliphatic carbocycles. The van der Waals surface area contributed by atoms with E-state index >= 15 is 0 Å². The fourth-order valence-electron chi connectivity index (χ4n) is 4.65. The number of carbonyl (C=O) groups excluding carboxylic acids is 2. The van der Waals surface area contributed by atoms with E-state index in [9.17, 15) is 9.59 Å². The van der Waals surface area contributed by atoms with E-state index < -0.39 is 5.41 Å². The number of anilines is 2. The van der Waals surface area contributed by atoms with Crippen LogP contribution in [0.5, 0.6) is 0 Å². The van der Waals surface area contributed by atoms with Gasteiger partial charge in [0.15, 0.2) is 11.6 Å². The molecule has 6 rings (SSSR count). The zero-order valence-corrected chi connectivity index (χ0v) is 18.2. The lowest BCUT2D eigenvalue weighted by atomic mass is 9.77. The SMILES string of the molecule is CC1(c2cc3c(c(-c4ccccc4)c2)Nc2ccccc2S3)C(=O)c2ccccc2C1=O. The van der Waals surface area contributed by atoms with Crippen LogP contribution in [0.1, 0.15) is 33.2 Å². The van der Waals surface area contributed by atoms with Crippen LogP contribution in [-0.2, 0) is 5.41 Å². The number of benzene rings is 4. The maximum absolute atomic E-state index is 13.5. The standard InChI is InChI=1S/C28H19NO2S/c1-28(26(30)19-11-5-6-12-20(19)27(28)31)18-15-21(17-9-3-2-4-10-17)25-24(16-18)32-23-14-8-7-13-22(23)29-25/h2-16,29H,1H3. The van der Waals surface area contributed by atoms with Crippen molar-refractivity contribution in [1.29, 1.82) is 0 Å². The smallest absolute Gasteiger partial charge is 0.181 e. The highest BCUT2D eigenvalue weighted by atomic mass is 32.2. The molecule has 4 aromatic carbocycles. The maximum Gasteiger partial charge on any atom is 0.181 e. The van der Waals surface area contributed by atoms with Crippen molar-refractivity contribution in [2.75, 3.05) is 5.32 Å². The third-order valence-electron chi connectivity index (χ3n) is 6.46. The maximum atomic E-state index is 13.5. The molecule has 2 aliphatic rings. The number of hydrogen-bond acceptors (Lipinski definition) is 4. The highest BCUT2D eigenvalue weighted by Crippen LogP contribution is 2.51. The van der Waals surface area contributed by atoms with E-state index in [2.05, 4.69) is 29.6 Å². The molecular formula is C28H19NO2S. The molecule has 154 valence electrons. The van der Waals surface area contributed by atoms with E-state index in [-0.39, 0.29) is 11.6 Å². The molecule has 0 radical (unpaired) electrons. The Morgan fingerprint density at radius 2 is 1.31 bits per heavy atom. The summed E-state index contributed by atoms with van der Waals surface area (Å²) in [5.41, 5.74) is 4.60. The Kier molecular flexibility index (Phi) is 4.14. The molecule has 3 nitrogen and oxygen atoms in total. The molecule has 0 spiro atoms. The Morgan fingerprint density at radius 3 is 2.03 bits per heavy atom. The lowest BCUT2D eigenvalue weighted by molar-refractivity contribution is 0.0810. The minimum absolute atomic E-state index is 0.133. The summed E-state index contributed by atoms with van der Waals surface area (Å²) >= 11 is 1.66. The molecule has 0 bridgehead atoms. The Balaban J connectivity index is 1.58. The van der Waals surface area contributed by atoms with Crippen LogP contribution in [-0.4, -0.2) is 11.6 Å². The van der Waals surface area contributed by atoms with Crippen LogP contribution >= 0.6 is 11.8 Å². The van der Waals surface area contributed by atoms with Crippen LogP contribution in [0.4, 0.5) is 11.4 Å². The first kappa shape index (κ1) is 19.1. The fourth-order valence-corrected chi connectivity index (χ4v) is 5.72. The van der Waals surface area contributed by atoms with Gasteiger partial charge in [-0.1, -0.05) is 78.5 Å². The Morgan fingerprint density at radius 1 is 0.688 bits per heavy atom. The van der Waals surface area contributed by atoms with Gasteiger partial charge in [-0.15, -0.1) is 0 Å².